The Labute approximate surface area is 99.8 Å². The molecule has 0 spiro atoms. The standard InChI is InChI=1S/C11H18N2S2/c12-8-11(10-2-6-15-9-10)13-3-1-5-14-7-4-13/h2,6,9,11H,1,3-5,7-8,12H2. The van der Waals surface area contributed by atoms with Gasteiger partial charge in [-0.05, 0) is 41.1 Å². The van der Waals surface area contributed by atoms with Gasteiger partial charge in [0.2, 0.25) is 0 Å². The minimum absolute atomic E-state index is 0.440. The van der Waals surface area contributed by atoms with Crippen molar-refractivity contribution >= 4 is 23.1 Å². The number of nitrogens with two attached hydrogens (primary N) is 1. The van der Waals surface area contributed by atoms with E-state index < -0.39 is 0 Å². The van der Waals surface area contributed by atoms with E-state index >= 15 is 0 Å². The van der Waals surface area contributed by atoms with Crippen LogP contribution in [0.4, 0.5) is 0 Å². The molecule has 15 heavy (non-hydrogen) atoms. The Hall–Kier alpha value is -0.0300. The molecule has 1 fully saturated rings. The van der Waals surface area contributed by atoms with Crippen LogP contribution in [0.25, 0.3) is 0 Å². The van der Waals surface area contributed by atoms with E-state index in [1.165, 1.54) is 36.6 Å². The lowest BCUT2D eigenvalue weighted by Crippen LogP contribution is -2.35. The fraction of sp³-hybridized carbons (Fsp3) is 0.636. The van der Waals surface area contributed by atoms with Gasteiger partial charge >= 0.3 is 0 Å². The van der Waals surface area contributed by atoms with Crippen LogP contribution < -0.4 is 5.73 Å². The summed E-state index contributed by atoms with van der Waals surface area (Å²) in [4.78, 5) is 2.54. The van der Waals surface area contributed by atoms with E-state index in [1.54, 1.807) is 11.3 Å². The first-order valence-corrected chi connectivity index (χ1v) is 7.55. The smallest absolute Gasteiger partial charge is 0.0479 e. The quantitative estimate of drug-likeness (QED) is 0.881. The van der Waals surface area contributed by atoms with E-state index in [1.807, 2.05) is 0 Å². The monoisotopic (exact) mass is 242 g/mol. The van der Waals surface area contributed by atoms with Crippen LogP contribution in [0.1, 0.15) is 18.0 Å². The number of thioether (sulfide) groups is 1. The molecule has 2 nitrogen and oxygen atoms in total. The fourth-order valence-electron chi connectivity index (χ4n) is 2.04. The molecule has 4 heteroatoms. The normalized spacial score (nSPS) is 21.1. The maximum Gasteiger partial charge on any atom is 0.0479 e. The summed E-state index contributed by atoms with van der Waals surface area (Å²) in [5.74, 6) is 2.55. The summed E-state index contributed by atoms with van der Waals surface area (Å²) in [6, 6.07) is 2.65. The second kappa shape index (κ2) is 5.89. The van der Waals surface area contributed by atoms with Gasteiger partial charge in [0.05, 0.1) is 0 Å². The highest BCUT2D eigenvalue weighted by molar-refractivity contribution is 7.99. The zero-order valence-electron chi connectivity index (χ0n) is 8.89. The molecular formula is C11H18N2S2. The van der Waals surface area contributed by atoms with Gasteiger partial charge in [-0.3, -0.25) is 4.90 Å². The second-order valence-electron chi connectivity index (χ2n) is 3.81. The fourth-order valence-corrected chi connectivity index (χ4v) is 3.65. The van der Waals surface area contributed by atoms with Crippen molar-refractivity contribution in [2.24, 2.45) is 5.73 Å². The number of thiophene rings is 1. The van der Waals surface area contributed by atoms with Gasteiger partial charge in [0.1, 0.15) is 0 Å². The molecule has 1 aromatic heterocycles. The van der Waals surface area contributed by atoms with Gasteiger partial charge < -0.3 is 5.73 Å². The van der Waals surface area contributed by atoms with E-state index in [4.69, 9.17) is 5.73 Å². The first-order chi connectivity index (χ1) is 7.42. The average Bonchev–Trinajstić information content (AvgIpc) is 2.63. The lowest BCUT2D eigenvalue weighted by atomic mass is 10.1. The third-order valence-corrected chi connectivity index (χ3v) is 4.60. The number of rotatable bonds is 3. The second-order valence-corrected chi connectivity index (χ2v) is 5.81. The minimum atomic E-state index is 0.440. The van der Waals surface area contributed by atoms with Crippen molar-refractivity contribution < 1.29 is 0 Å². The van der Waals surface area contributed by atoms with Crippen molar-refractivity contribution in [1.82, 2.24) is 4.90 Å². The Kier molecular flexibility index (Phi) is 4.50. The molecular weight excluding hydrogens is 224 g/mol. The predicted octanol–water partition coefficient (Wildman–Crippen LogP) is 2.19. The summed E-state index contributed by atoms with van der Waals surface area (Å²) in [5.41, 5.74) is 7.30. The highest BCUT2D eigenvalue weighted by atomic mass is 32.2. The van der Waals surface area contributed by atoms with Gasteiger partial charge in [0, 0.05) is 24.9 Å². The van der Waals surface area contributed by atoms with Crippen molar-refractivity contribution in [2.75, 3.05) is 31.1 Å². The predicted molar refractivity (Wildman–Crippen MR) is 69.6 cm³/mol. The molecule has 1 aromatic rings. The Morgan fingerprint density at radius 2 is 2.33 bits per heavy atom. The summed E-state index contributed by atoms with van der Waals surface area (Å²) in [7, 11) is 0. The van der Waals surface area contributed by atoms with E-state index in [0.717, 1.165) is 6.54 Å². The van der Waals surface area contributed by atoms with Crippen LogP contribution in [0.15, 0.2) is 16.8 Å². The Balaban J connectivity index is 2.04. The molecule has 2 N–H and O–H groups in total. The highest BCUT2D eigenvalue weighted by Gasteiger charge is 2.20. The van der Waals surface area contributed by atoms with Gasteiger partial charge in [-0.2, -0.15) is 23.1 Å². The summed E-state index contributed by atoms with van der Waals surface area (Å²) in [6.07, 6.45) is 1.30. The molecule has 1 atom stereocenters. The van der Waals surface area contributed by atoms with Crippen LogP contribution in [-0.2, 0) is 0 Å². The molecule has 1 unspecified atom stereocenters. The highest BCUT2D eigenvalue weighted by Crippen LogP contribution is 2.24. The summed E-state index contributed by atoms with van der Waals surface area (Å²) >= 11 is 3.83. The lowest BCUT2D eigenvalue weighted by molar-refractivity contribution is 0.218. The van der Waals surface area contributed by atoms with Gasteiger partial charge in [0.25, 0.3) is 0 Å². The molecule has 0 aliphatic carbocycles. The van der Waals surface area contributed by atoms with Crippen LogP contribution in [0.3, 0.4) is 0 Å². The number of hydrogen-bond acceptors (Lipinski definition) is 4. The van der Waals surface area contributed by atoms with Crippen LogP contribution in [0, 0.1) is 0 Å². The van der Waals surface area contributed by atoms with Crippen molar-refractivity contribution in [3.8, 4) is 0 Å². The third-order valence-electron chi connectivity index (χ3n) is 2.85. The first-order valence-electron chi connectivity index (χ1n) is 5.46. The topological polar surface area (TPSA) is 29.3 Å². The van der Waals surface area contributed by atoms with E-state index in [-0.39, 0.29) is 0 Å². The van der Waals surface area contributed by atoms with Gasteiger partial charge in [-0.1, -0.05) is 0 Å². The zero-order valence-corrected chi connectivity index (χ0v) is 10.5. The van der Waals surface area contributed by atoms with Gasteiger partial charge in [-0.15, -0.1) is 0 Å². The lowest BCUT2D eigenvalue weighted by Gasteiger charge is -2.28. The molecule has 84 valence electrons. The largest absolute Gasteiger partial charge is 0.329 e. The van der Waals surface area contributed by atoms with E-state index in [9.17, 15) is 0 Å². The van der Waals surface area contributed by atoms with Crippen LogP contribution >= 0.6 is 23.1 Å². The molecule has 0 bridgehead atoms. The van der Waals surface area contributed by atoms with Crippen molar-refractivity contribution in [3.05, 3.63) is 22.4 Å². The summed E-state index contributed by atoms with van der Waals surface area (Å²) in [6.45, 7) is 3.12. The van der Waals surface area contributed by atoms with Crippen LogP contribution in [0.2, 0.25) is 0 Å². The van der Waals surface area contributed by atoms with Crippen LogP contribution in [-0.4, -0.2) is 36.0 Å². The van der Waals surface area contributed by atoms with E-state index in [0.29, 0.717) is 6.04 Å². The molecule has 1 saturated heterocycles. The number of nitrogens with zero attached hydrogens (tertiary/aromatic N) is 1. The van der Waals surface area contributed by atoms with Crippen molar-refractivity contribution in [2.45, 2.75) is 12.5 Å². The van der Waals surface area contributed by atoms with Crippen molar-refractivity contribution in [3.63, 3.8) is 0 Å². The molecule has 0 saturated carbocycles. The Morgan fingerprint density at radius 1 is 1.40 bits per heavy atom. The average molecular weight is 242 g/mol. The summed E-state index contributed by atoms with van der Waals surface area (Å²) < 4.78 is 0. The Bertz CT molecular complexity index is 266. The molecule has 1 aliphatic rings. The molecule has 0 radical (unpaired) electrons. The minimum Gasteiger partial charge on any atom is -0.329 e. The zero-order chi connectivity index (χ0) is 10.5. The maximum absolute atomic E-state index is 5.90. The first kappa shape index (κ1) is 11.5. The summed E-state index contributed by atoms with van der Waals surface area (Å²) in [5, 5.41) is 4.38. The Morgan fingerprint density at radius 3 is 3.07 bits per heavy atom. The molecule has 2 rings (SSSR count). The van der Waals surface area contributed by atoms with Gasteiger partial charge in [0.15, 0.2) is 0 Å². The molecule has 0 amide bonds. The van der Waals surface area contributed by atoms with Gasteiger partial charge in [-0.25, -0.2) is 0 Å². The van der Waals surface area contributed by atoms with Crippen LogP contribution in [0.5, 0.6) is 0 Å². The molecule has 1 aliphatic heterocycles. The number of hydrogen-bond donors (Lipinski definition) is 1. The van der Waals surface area contributed by atoms with Crippen molar-refractivity contribution in [1.29, 1.82) is 0 Å². The van der Waals surface area contributed by atoms with E-state index in [2.05, 4.69) is 33.5 Å². The molecule has 2 heterocycles. The maximum atomic E-state index is 5.90. The third kappa shape index (κ3) is 2.97. The SMILES string of the molecule is NCC(c1ccsc1)N1CCCSCC1. The molecule has 0 aromatic carbocycles.